The maximum Gasteiger partial charge on any atom is 0.411 e. The quantitative estimate of drug-likeness (QED) is 0.882. The van der Waals surface area contributed by atoms with Crippen LogP contribution in [0.3, 0.4) is 0 Å². The average molecular weight is 300 g/mol. The number of benzene rings is 2. The van der Waals surface area contributed by atoms with Crippen molar-refractivity contribution in [1.29, 1.82) is 0 Å². The summed E-state index contributed by atoms with van der Waals surface area (Å²) < 4.78 is 4.85. The molecule has 0 aliphatic carbocycles. The second-order valence-corrected chi connectivity index (χ2v) is 4.86. The summed E-state index contributed by atoms with van der Waals surface area (Å²) in [5.74, 6) is 0. The fourth-order valence-electron chi connectivity index (χ4n) is 1.94. The minimum absolute atomic E-state index is 0.0789. The molecule has 4 nitrogen and oxygen atoms in total. The van der Waals surface area contributed by atoms with Crippen molar-refractivity contribution in [3.05, 3.63) is 71.8 Å². The van der Waals surface area contributed by atoms with E-state index < -0.39 is 6.09 Å². The highest BCUT2D eigenvalue weighted by Crippen LogP contribution is 2.11. The van der Waals surface area contributed by atoms with Crippen LogP contribution in [-0.2, 0) is 17.8 Å². The van der Waals surface area contributed by atoms with Crippen molar-refractivity contribution in [1.82, 2.24) is 4.90 Å². The Morgan fingerprint density at radius 1 is 0.952 bits per heavy atom. The Hall–Kier alpha value is -2.40. The predicted molar refractivity (Wildman–Crippen MR) is 85.4 cm³/mol. The van der Waals surface area contributed by atoms with Gasteiger partial charge in [-0.2, -0.15) is 0 Å². The van der Waals surface area contributed by atoms with Gasteiger partial charge >= 0.3 is 6.09 Å². The summed E-state index contributed by atoms with van der Waals surface area (Å²) in [6.45, 7) is 1.09. The summed E-state index contributed by atoms with van der Waals surface area (Å²) >= 11 is 5.15. The lowest BCUT2D eigenvalue weighted by Crippen LogP contribution is -2.33. The first-order valence-corrected chi connectivity index (χ1v) is 6.90. The van der Waals surface area contributed by atoms with Gasteiger partial charge in [-0.25, -0.2) is 4.79 Å². The van der Waals surface area contributed by atoms with Gasteiger partial charge in [0.15, 0.2) is 0 Å². The molecule has 2 rings (SSSR count). The highest BCUT2D eigenvalue weighted by Gasteiger charge is 2.14. The molecule has 0 bridgehead atoms. The standard InChI is InChI=1S/C16H16N2O2S/c17-15(19)20-16(21)18(11-13-7-3-1-4-8-13)12-14-9-5-2-6-10-14/h1-10H,11-12H2,(H2,17,19). The van der Waals surface area contributed by atoms with Crippen LogP contribution in [0, 0.1) is 0 Å². The number of rotatable bonds is 4. The number of nitrogens with zero attached hydrogens (tertiary/aromatic N) is 1. The van der Waals surface area contributed by atoms with Crippen molar-refractivity contribution in [2.75, 3.05) is 0 Å². The van der Waals surface area contributed by atoms with Crippen LogP contribution in [-0.4, -0.2) is 16.2 Å². The zero-order chi connectivity index (χ0) is 15.1. The first-order chi connectivity index (χ1) is 10.1. The molecule has 2 N–H and O–H groups in total. The van der Waals surface area contributed by atoms with Gasteiger partial charge in [0.2, 0.25) is 0 Å². The van der Waals surface area contributed by atoms with Gasteiger partial charge < -0.3 is 15.4 Å². The van der Waals surface area contributed by atoms with Gasteiger partial charge in [-0.15, -0.1) is 0 Å². The SMILES string of the molecule is NC(=O)OC(=S)N(Cc1ccccc1)Cc1ccccc1. The molecule has 2 aromatic rings. The van der Waals surface area contributed by atoms with Gasteiger partial charge in [0.05, 0.1) is 0 Å². The van der Waals surface area contributed by atoms with Crippen LogP contribution in [0.1, 0.15) is 11.1 Å². The molecule has 5 heteroatoms. The van der Waals surface area contributed by atoms with Crippen molar-refractivity contribution >= 4 is 23.5 Å². The topological polar surface area (TPSA) is 55.6 Å². The predicted octanol–water partition coefficient (Wildman–Crippen LogP) is 3.07. The second-order valence-electron chi connectivity index (χ2n) is 4.51. The maximum atomic E-state index is 10.9. The monoisotopic (exact) mass is 300 g/mol. The number of carbonyl (C=O) groups is 1. The smallest absolute Gasteiger partial charge is 0.383 e. The Labute approximate surface area is 129 Å². The molecular weight excluding hydrogens is 284 g/mol. The number of primary amides is 1. The summed E-state index contributed by atoms with van der Waals surface area (Å²) in [4.78, 5) is 12.7. The van der Waals surface area contributed by atoms with Crippen molar-refractivity contribution in [3.8, 4) is 0 Å². The van der Waals surface area contributed by atoms with E-state index in [1.165, 1.54) is 0 Å². The van der Waals surface area contributed by atoms with E-state index in [4.69, 9.17) is 22.7 Å². The lowest BCUT2D eigenvalue weighted by atomic mass is 10.2. The van der Waals surface area contributed by atoms with Gasteiger partial charge in [-0.1, -0.05) is 60.7 Å². The third kappa shape index (κ3) is 4.89. The molecule has 0 saturated carbocycles. The highest BCUT2D eigenvalue weighted by atomic mass is 32.1. The molecule has 21 heavy (non-hydrogen) atoms. The number of amides is 1. The Kier molecular flexibility index (Phi) is 5.29. The number of ether oxygens (including phenoxy) is 1. The summed E-state index contributed by atoms with van der Waals surface area (Å²) in [7, 11) is 0. The largest absolute Gasteiger partial charge is 0.411 e. The molecule has 0 saturated heterocycles. The van der Waals surface area contributed by atoms with Crippen LogP contribution in [0.25, 0.3) is 0 Å². The number of carbonyl (C=O) groups excluding carboxylic acids is 1. The van der Waals surface area contributed by atoms with E-state index in [0.29, 0.717) is 13.1 Å². The van der Waals surface area contributed by atoms with E-state index in [0.717, 1.165) is 11.1 Å². The molecule has 0 spiro atoms. The second kappa shape index (κ2) is 7.40. The Bertz CT molecular complexity index is 561. The lowest BCUT2D eigenvalue weighted by Gasteiger charge is -2.24. The van der Waals surface area contributed by atoms with E-state index >= 15 is 0 Å². The van der Waals surface area contributed by atoms with Crippen LogP contribution >= 0.6 is 12.2 Å². The molecule has 2 aromatic carbocycles. The van der Waals surface area contributed by atoms with E-state index in [9.17, 15) is 4.79 Å². The normalized spacial score (nSPS) is 9.90. The minimum Gasteiger partial charge on any atom is -0.383 e. The number of thiocarbonyl (C=S) groups is 1. The number of hydrogen-bond acceptors (Lipinski definition) is 3. The molecule has 0 heterocycles. The fraction of sp³-hybridized carbons (Fsp3) is 0.125. The molecule has 0 aliphatic heterocycles. The summed E-state index contributed by atoms with van der Waals surface area (Å²) in [6.07, 6.45) is -0.897. The van der Waals surface area contributed by atoms with Crippen LogP contribution in [0.15, 0.2) is 60.7 Å². The molecule has 0 atom stereocenters. The minimum atomic E-state index is -0.897. The van der Waals surface area contributed by atoms with E-state index in [1.54, 1.807) is 4.90 Å². The summed E-state index contributed by atoms with van der Waals surface area (Å²) in [5.41, 5.74) is 7.19. The van der Waals surface area contributed by atoms with Gasteiger partial charge in [0.1, 0.15) is 0 Å². The van der Waals surface area contributed by atoms with Crippen molar-refractivity contribution in [2.24, 2.45) is 5.73 Å². The molecule has 108 valence electrons. The van der Waals surface area contributed by atoms with Crippen molar-refractivity contribution < 1.29 is 9.53 Å². The zero-order valence-corrected chi connectivity index (χ0v) is 12.3. The fourth-order valence-corrected chi connectivity index (χ4v) is 2.15. The van der Waals surface area contributed by atoms with E-state index in [1.807, 2.05) is 60.7 Å². The number of nitrogens with two attached hydrogens (primary N) is 1. The van der Waals surface area contributed by atoms with Crippen LogP contribution in [0.4, 0.5) is 4.79 Å². The van der Waals surface area contributed by atoms with Crippen molar-refractivity contribution in [3.63, 3.8) is 0 Å². The van der Waals surface area contributed by atoms with Gasteiger partial charge in [-0.05, 0) is 23.3 Å². The van der Waals surface area contributed by atoms with Gasteiger partial charge in [0.25, 0.3) is 5.17 Å². The van der Waals surface area contributed by atoms with Crippen molar-refractivity contribution in [2.45, 2.75) is 13.1 Å². The lowest BCUT2D eigenvalue weighted by molar-refractivity contribution is 0.196. The molecule has 0 radical (unpaired) electrons. The van der Waals surface area contributed by atoms with Crippen LogP contribution in [0.2, 0.25) is 0 Å². The Balaban J connectivity index is 2.13. The van der Waals surface area contributed by atoms with E-state index in [2.05, 4.69) is 0 Å². The molecular formula is C16H16N2O2S. The average Bonchev–Trinajstić information content (AvgIpc) is 2.48. The van der Waals surface area contributed by atoms with E-state index in [-0.39, 0.29) is 5.17 Å². The first-order valence-electron chi connectivity index (χ1n) is 6.49. The summed E-state index contributed by atoms with van der Waals surface area (Å²) in [5, 5.41) is 0.0789. The summed E-state index contributed by atoms with van der Waals surface area (Å²) in [6, 6.07) is 19.7. The highest BCUT2D eigenvalue weighted by molar-refractivity contribution is 7.80. The zero-order valence-electron chi connectivity index (χ0n) is 11.4. The van der Waals surface area contributed by atoms with Crippen LogP contribution < -0.4 is 5.73 Å². The number of hydrogen-bond donors (Lipinski definition) is 1. The Morgan fingerprint density at radius 2 is 1.38 bits per heavy atom. The third-order valence-corrected chi connectivity index (χ3v) is 3.22. The Morgan fingerprint density at radius 3 is 1.76 bits per heavy atom. The molecule has 0 aromatic heterocycles. The molecule has 1 amide bonds. The molecule has 0 fully saturated rings. The molecule has 0 unspecified atom stereocenters. The molecule has 0 aliphatic rings. The maximum absolute atomic E-state index is 10.9. The third-order valence-electron chi connectivity index (χ3n) is 2.88. The first kappa shape index (κ1) is 15.0. The van der Waals surface area contributed by atoms with Crippen LogP contribution in [0.5, 0.6) is 0 Å². The van der Waals surface area contributed by atoms with Gasteiger partial charge in [0, 0.05) is 13.1 Å². The van der Waals surface area contributed by atoms with Gasteiger partial charge in [-0.3, -0.25) is 0 Å².